The summed E-state index contributed by atoms with van der Waals surface area (Å²) in [7, 11) is 0. The first-order valence-corrected chi connectivity index (χ1v) is 9.66. The fourth-order valence-electron chi connectivity index (χ4n) is 3.73. The Kier molecular flexibility index (Phi) is 5.27. The van der Waals surface area contributed by atoms with E-state index in [1.807, 2.05) is 4.90 Å². The zero-order valence-corrected chi connectivity index (χ0v) is 15.6. The van der Waals surface area contributed by atoms with Gasteiger partial charge in [-0.3, -0.25) is 9.59 Å². The molecule has 3 heterocycles. The molecule has 28 heavy (non-hydrogen) atoms. The molecule has 4 rings (SSSR count). The highest BCUT2D eigenvalue weighted by Crippen LogP contribution is 2.29. The van der Waals surface area contributed by atoms with Crippen molar-refractivity contribution in [2.45, 2.75) is 38.6 Å². The smallest absolute Gasteiger partial charge is 0.222 e. The van der Waals surface area contributed by atoms with E-state index in [0.29, 0.717) is 56.8 Å². The minimum atomic E-state index is -0.376. The van der Waals surface area contributed by atoms with E-state index in [1.165, 1.54) is 6.07 Å². The summed E-state index contributed by atoms with van der Waals surface area (Å²) in [6.07, 6.45) is 3.18. The molecule has 0 unspecified atom stereocenters. The van der Waals surface area contributed by atoms with E-state index in [9.17, 15) is 14.0 Å². The van der Waals surface area contributed by atoms with Gasteiger partial charge in [0.25, 0.3) is 0 Å². The average molecular weight is 386 g/mol. The van der Waals surface area contributed by atoms with Gasteiger partial charge in [0, 0.05) is 38.9 Å². The van der Waals surface area contributed by atoms with Crippen molar-refractivity contribution < 1.29 is 18.5 Å². The number of aromatic nitrogens is 1. The lowest BCUT2D eigenvalue weighted by Crippen LogP contribution is -2.36. The van der Waals surface area contributed by atoms with Gasteiger partial charge in [-0.2, -0.15) is 0 Å². The van der Waals surface area contributed by atoms with Gasteiger partial charge in [-0.05, 0) is 25.0 Å². The number of hydrogen-bond acceptors (Lipinski definition) is 5. The molecule has 1 aromatic carbocycles. The molecule has 0 spiro atoms. The number of fused-ring (bicyclic) bond motifs is 1. The number of hydrogen-bond donors (Lipinski definition) is 1. The van der Waals surface area contributed by atoms with Gasteiger partial charge in [0.05, 0.1) is 17.8 Å². The second-order valence-corrected chi connectivity index (χ2v) is 7.19. The monoisotopic (exact) mass is 386 g/mol. The van der Waals surface area contributed by atoms with Crippen molar-refractivity contribution in [3.8, 4) is 0 Å². The SMILES string of the molecule is O=C1CCCN1CCCC(=O)N1CCc2onc(Nc3ccccc3F)c2C1. The summed E-state index contributed by atoms with van der Waals surface area (Å²) in [4.78, 5) is 27.9. The normalized spacial score (nSPS) is 16.4. The first-order valence-electron chi connectivity index (χ1n) is 9.66. The van der Waals surface area contributed by atoms with E-state index in [1.54, 1.807) is 23.1 Å². The van der Waals surface area contributed by atoms with Gasteiger partial charge >= 0.3 is 0 Å². The number of carbonyl (C=O) groups excluding carboxylic acids is 2. The van der Waals surface area contributed by atoms with E-state index in [0.717, 1.165) is 24.3 Å². The van der Waals surface area contributed by atoms with Crippen molar-refractivity contribution >= 4 is 23.3 Å². The molecule has 1 N–H and O–H groups in total. The molecular weight excluding hydrogens is 363 g/mol. The van der Waals surface area contributed by atoms with E-state index >= 15 is 0 Å². The molecule has 2 aliphatic heterocycles. The molecule has 0 saturated carbocycles. The standard InChI is InChI=1S/C20H23FN4O3/c21-15-5-1-2-6-16(15)22-20-14-13-25(12-9-17(14)28-23-20)19(27)8-4-11-24-10-3-7-18(24)26/h1-2,5-6H,3-4,7-13H2,(H,22,23). The molecule has 1 fully saturated rings. The topological polar surface area (TPSA) is 78.7 Å². The second kappa shape index (κ2) is 8.00. The summed E-state index contributed by atoms with van der Waals surface area (Å²) in [5.74, 6) is 1.03. The van der Waals surface area contributed by atoms with Crippen molar-refractivity contribution in [2.24, 2.45) is 0 Å². The van der Waals surface area contributed by atoms with Gasteiger partial charge in [-0.15, -0.1) is 0 Å². The molecular formula is C20H23FN4O3. The van der Waals surface area contributed by atoms with Crippen LogP contribution in [0.4, 0.5) is 15.9 Å². The number of halogens is 1. The lowest BCUT2D eigenvalue weighted by atomic mass is 10.1. The molecule has 2 amide bonds. The minimum absolute atomic E-state index is 0.0512. The van der Waals surface area contributed by atoms with Gasteiger partial charge in [0.1, 0.15) is 11.6 Å². The second-order valence-electron chi connectivity index (χ2n) is 7.19. The van der Waals surface area contributed by atoms with Crippen LogP contribution < -0.4 is 5.32 Å². The van der Waals surface area contributed by atoms with Crippen molar-refractivity contribution in [3.05, 3.63) is 41.4 Å². The first-order chi connectivity index (χ1) is 13.6. The minimum Gasteiger partial charge on any atom is -0.359 e. The number of para-hydroxylation sites is 1. The van der Waals surface area contributed by atoms with Crippen LogP contribution in [0.3, 0.4) is 0 Å². The first kappa shape index (κ1) is 18.5. The van der Waals surface area contributed by atoms with Crippen LogP contribution in [0.15, 0.2) is 28.8 Å². The van der Waals surface area contributed by atoms with Crippen LogP contribution >= 0.6 is 0 Å². The van der Waals surface area contributed by atoms with Crippen molar-refractivity contribution in [1.82, 2.24) is 15.0 Å². The zero-order valence-electron chi connectivity index (χ0n) is 15.6. The maximum Gasteiger partial charge on any atom is 0.222 e. The molecule has 1 aromatic heterocycles. The molecule has 0 aliphatic carbocycles. The summed E-state index contributed by atoms with van der Waals surface area (Å²) < 4.78 is 19.3. The number of nitrogens with one attached hydrogen (secondary N) is 1. The van der Waals surface area contributed by atoms with Crippen LogP contribution in [0, 0.1) is 5.82 Å². The summed E-state index contributed by atoms with van der Waals surface area (Å²) in [6, 6.07) is 6.35. The highest BCUT2D eigenvalue weighted by molar-refractivity contribution is 5.79. The fourth-order valence-corrected chi connectivity index (χ4v) is 3.73. The van der Waals surface area contributed by atoms with E-state index in [2.05, 4.69) is 10.5 Å². The molecule has 2 aromatic rings. The molecule has 148 valence electrons. The number of amides is 2. The van der Waals surface area contributed by atoms with Crippen molar-refractivity contribution in [1.29, 1.82) is 0 Å². The highest BCUT2D eigenvalue weighted by Gasteiger charge is 2.27. The van der Waals surface area contributed by atoms with Crippen molar-refractivity contribution in [3.63, 3.8) is 0 Å². The summed E-state index contributed by atoms with van der Waals surface area (Å²) in [5, 5.41) is 6.98. The summed E-state index contributed by atoms with van der Waals surface area (Å²) >= 11 is 0. The Bertz CT molecular complexity index is 882. The molecule has 2 aliphatic rings. The predicted molar refractivity (Wildman–Crippen MR) is 100 cm³/mol. The molecule has 7 nitrogen and oxygen atoms in total. The lowest BCUT2D eigenvalue weighted by Gasteiger charge is -2.26. The maximum absolute atomic E-state index is 13.9. The van der Waals surface area contributed by atoms with Crippen LogP contribution in [0.5, 0.6) is 0 Å². The molecule has 0 radical (unpaired) electrons. The number of anilines is 2. The van der Waals surface area contributed by atoms with Crippen LogP contribution in [0.2, 0.25) is 0 Å². The summed E-state index contributed by atoms with van der Waals surface area (Å²) in [6.45, 7) is 2.39. The fraction of sp³-hybridized carbons (Fsp3) is 0.450. The van der Waals surface area contributed by atoms with Gasteiger partial charge in [-0.1, -0.05) is 17.3 Å². The quantitative estimate of drug-likeness (QED) is 0.826. The lowest BCUT2D eigenvalue weighted by molar-refractivity contribution is -0.133. The molecule has 8 heteroatoms. The van der Waals surface area contributed by atoms with Crippen LogP contribution in [0.1, 0.15) is 37.0 Å². The zero-order chi connectivity index (χ0) is 19.5. The number of rotatable bonds is 6. The van der Waals surface area contributed by atoms with Crippen LogP contribution in [-0.2, 0) is 22.6 Å². The van der Waals surface area contributed by atoms with Gasteiger partial charge in [-0.25, -0.2) is 4.39 Å². The van der Waals surface area contributed by atoms with Crippen LogP contribution in [0.25, 0.3) is 0 Å². The average Bonchev–Trinajstić information content (AvgIpc) is 3.29. The highest BCUT2D eigenvalue weighted by atomic mass is 19.1. The third-order valence-corrected chi connectivity index (χ3v) is 5.30. The van der Waals surface area contributed by atoms with Crippen molar-refractivity contribution in [2.75, 3.05) is 25.0 Å². The molecule has 0 bridgehead atoms. The van der Waals surface area contributed by atoms with E-state index in [4.69, 9.17) is 4.52 Å². The largest absolute Gasteiger partial charge is 0.359 e. The molecule has 1 saturated heterocycles. The maximum atomic E-state index is 13.9. The number of likely N-dealkylation sites (tertiary alicyclic amines) is 1. The number of nitrogens with zero attached hydrogens (tertiary/aromatic N) is 3. The Morgan fingerprint density at radius 1 is 1.25 bits per heavy atom. The van der Waals surface area contributed by atoms with Gasteiger partial charge in [0.2, 0.25) is 11.8 Å². The Morgan fingerprint density at radius 2 is 2.11 bits per heavy atom. The Hall–Kier alpha value is -2.90. The third-order valence-electron chi connectivity index (χ3n) is 5.30. The van der Waals surface area contributed by atoms with Gasteiger partial charge < -0.3 is 19.6 Å². The number of carbonyl (C=O) groups is 2. The third kappa shape index (κ3) is 3.85. The Morgan fingerprint density at radius 3 is 2.89 bits per heavy atom. The summed E-state index contributed by atoms with van der Waals surface area (Å²) in [5.41, 5.74) is 1.11. The predicted octanol–water partition coefficient (Wildman–Crippen LogP) is 2.84. The Balaban J connectivity index is 1.36. The molecule has 0 atom stereocenters. The van der Waals surface area contributed by atoms with E-state index < -0.39 is 0 Å². The Labute approximate surface area is 162 Å². The van der Waals surface area contributed by atoms with Gasteiger partial charge in [0.15, 0.2) is 5.82 Å². The van der Waals surface area contributed by atoms with Crippen LogP contribution in [-0.4, -0.2) is 46.4 Å². The number of benzene rings is 1. The van der Waals surface area contributed by atoms with E-state index in [-0.39, 0.29) is 17.6 Å².